The van der Waals surface area contributed by atoms with Crippen LogP contribution in [0.1, 0.15) is 6.23 Å². The van der Waals surface area contributed by atoms with E-state index in [1.807, 2.05) is 0 Å². The summed E-state index contributed by atoms with van der Waals surface area (Å²) < 4.78 is 21.7. The molecule has 4 N–H and O–H groups in total. The predicted molar refractivity (Wildman–Crippen MR) is 69.2 cm³/mol. The summed E-state index contributed by atoms with van der Waals surface area (Å²) in [5.74, 6) is 0.108. The molecule has 0 aromatic carbocycles. The van der Waals surface area contributed by atoms with Crippen molar-refractivity contribution in [3.8, 4) is 0 Å². The first-order chi connectivity index (χ1) is 10.8. The van der Waals surface area contributed by atoms with Gasteiger partial charge in [0.15, 0.2) is 17.7 Å². The molecule has 25 heavy (non-hydrogen) atoms. The third-order valence-corrected chi connectivity index (χ3v) is 3.90. The minimum absolute atomic E-state index is 0. The Morgan fingerprint density at radius 2 is 2.04 bits per heavy atom. The van der Waals surface area contributed by atoms with Crippen molar-refractivity contribution < 1.29 is 92.9 Å². The molecule has 0 aliphatic carbocycles. The van der Waals surface area contributed by atoms with Gasteiger partial charge in [-0.2, -0.15) is 0 Å². The number of ether oxygens (including phenoxy) is 1. The number of nitrogens with two attached hydrogens (primary N) is 1. The molecule has 126 valence electrons. The van der Waals surface area contributed by atoms with Crippen molar-refractivity contribution >= 4 is 24.8 Å². The van der Waals surface area contributed by atoms with Gasteiger partial charge in [-0.3, -0.25) is 4.57 Å². The van der Waals surface area contributed by atoms with Gasteiger partial charge in [-0.1, -0.05) is 0 Å². The van der Waals surface area contributed by atoms with Gasteiger partial charge < -0.3 is 39.6 Å². The van der Waals surface area contributed by atoms with Crippen LogP contribution in [-0.4, -0.2) is 54.7 Å². The summed E-state index contributed by atoms with van der Waals surface area (Å²) in [6.07, 6.45) is -3.07. The molecule has 1 aliphatic rings. The zero-order valence-corrected chi connectivity index (χ0v) is 18.3. The molecule has 0 amide bonds. The van der Waals surface area contributed by atoms with E-state index in [0.29, 0.717) is 0 Å². The van der Waals surface area contributed by atoms with Gasteiger partial charge in [-0.05, 0) is 0 Å². The Morgan fingerprint density at radius 1 is 1.36 bits per heavy atom. The minimum Gasteiger partial charge on any atom is -0.790 e. The van der Waals surface area contributed by atoms with E-state index < -0.39 is 39.0 Å². The van der Waals surface area contributed by atoms with Crippen LogP contribution in [0.25, 0.3) is 11.2 Å². The van der Waals surface area contributed by atoms with E-state index in [9.17, 15) is 24.6 Å². The Kier molecular flexibility index (Phi) is 8.44. The first-order valence-corrected chi connectivity index (χ1v) is 7.85. The molecule has 0 bridgehead atoms. The van der Waals surface area contributed by atoms with Crippen LogP contribution in [0.2, 0.25) is 0 Å². The summed E-state index contributed by atoms with van der Waals surface area (Å²) in [5, 5.41) is 19.5. The van der Waals surface area contributed by atoms with Gasteiger partial charge in [0, 0.05) is 0 Å². The summed E-state index contributed by atoms with van der Waals surface area (Å²) in [6.45, 7) is -0.665. The van der Waals surface area contributed by atoms with Gasteiger partial charge >= 0.3 is 59.1 Å². The van der Waals surface area contributed by atoms with E-state index >= 15 is 0 Å². The van der Waals surface area contributed by atoms with Crippen LogP contribution in [0.15, 0.2) is 12.7 Å². The van der Waals surface area contributed by atoms with Crippen molar-refractivity contribution in [2.75, 3.05) is 12.3 Å². The van der Waals surface area contributed by atoms with Crippen molar-refractivity contribution in [1.82, 2.24) is 19.5 Å². The summed E-state index contributed by atoms with van der Waals surface area (Å²) >= 11 is 0. The number of rotatable bonds is 4. The molecule has 15 heteroatoms. The average Bonchev–Trinajstić information content (AvgIpc) is 3.01. The number of phosphoric acid groups is 1. The fourth-order valence-corrected chi connectivity index (χ4v) is 2.99. The van der Waals surface area contributed by atoms with Crippen LogP contribution < -0.4 is 74.6 Å². The normalized spacial score (nSPS) is 26.2. The van der Waals surface area contributed by atoms with Crippen LogP contribution in [0.3, 0.4) is 0 Å². The molecule has 0 spiro atoms. The zero-order chi connectivity index (χ0) is 16.8. The van der Waals surface area contributed by atoms with Gasteiger partial charge in [-0.15, -0.1) is 0 Å². The molecule has 12 nitrogen and oxygen atoms in total. The average molecular weight is 391 g/mol. The minimum atomic E-state index is -5.38. The standard InChI is InChI=1S/C10H14N5O7P.2Na/c11-8-5-9(13-2-12-8)15(3-14-5)10-6(17)7(4(1-16)21-10)22-23(18,19)20;;/h2-4,6-7,10,16-17H,1H2,(H2,11,12,13)(H2,18,19,20);;/q;2*+1/p-2. The number of hydrogen-bond donors (Lipinski definition) is 3. The summed E-state index contributed by atoms with van der Waals surface area (Å²) in [5.41, 5.74) is 6.14. The number of nitrogen functional groups attached to an aromatic ring is 1. The Morgan fingerprint density at radius 3 is 2.64 bits per heavy atom. The number of nitrogens with zero attached hydrogens (tertiary/aromatic N) is 4. The van der Waals surface area contributed by atoms with E-state index in [-0.39, 0.29) is 76.1 Å². The summed E-state index contributed by atoms with van der Waals surface area (Å²) in [7, 11) is -5.38. The second-order valence-electron chi connectivity index (χ2n) is 4.84. The second kappa shape index (κ2) is 9.02. The maximum Gasteiger partial charge on any atom is 1.00 e. The summed E-state index contributed by atoms with van der Waals surface area (Å²) in [4.78, 5) is 33.3. The topological polar surface area (TPSA) is 192 Å². The molecule has 3 rings (SSSR count). The fourth-order valence-electron chi connectivity index (χ4n) is 2.43. The Labute approximate surface area is 185 Å². The second-order valence-corrected chi connectivity index (χ2v) is 5.94. The SMILES string of the molecule is Nc1ncnc2c1ncn2C1OC(CO)C(OP(=O)([O-])[O-])C1O.[Na+].[Na+]. The molecule has 1 fully saturated rings. The van der Waals surface area contributed by atoms with Gasteiger partial charge in [-0.25, -0.2) is 15.0 Å². The van der Waals surface area contributed by atoms with E-state index in [1.54, 1.807) is 0 Å². The molecule has 2 aromatic heterocycles. The number of fused-ring (bicyclic) bond motifs is 1. The first kappa shape index (κ1) is 23.4. The molecule has 2 aromatic rings. The third-order valence-electron chi connectivity index (χ3n) is 3.40. The molecule has 1 saturated heterocycles. The molecular formula is C10H12N5Na2O7P. The van der Waals surface area contributed by atoms with Crippen molar-refractivity contribution in [3.05, 3.63) is 12.7 Å². The number of aliphatic hydroxyl groups is 2. The van der Waals surface area contributed by atoms with Crippen molar-refractivity contribution in [2.45, 2.75) is 24.5 Å². The van der Waals surface area contributed by atoms with Gasteiger partial charge in [0.05, 0.1) is 20.8 Å². The molecule has 4 unspecified atom stereocenters. The smallest absolute Gasteiger partial charge is 0.790 e. The molecule has 0 saturated carbocycles. The van der Waals surface area contributed by atoms with Crippen molar-refractivity contribution in [1.29, 1.82) is 0 Å². The van der Waals surface area contributed by atoms with Gasteiger partial charge in [0.1, 0.15) is 30.2 Å². The first-order valence-electron chi connectivity index (χ1n) is 6.39. The number of anilines is 1. The monoisotopic (exact) mass is 391 g/mol. The largest absolute Gasteiger partial charge is 1.00 e. The van der Waals surface area contributed by atoms with Crippen molar-refractivity contribution in [3.63, 3.8) is 0 Å². The van der Waals surface area contributed by atoms with E-state index in [0.717, 1.165) is 0 Å². The molecule has 4 atom stereocenters. The van der Waals surface area contributed by atoms with E-state index in [2.05, 4.69) is 19.5 Å². The number of aromatic nitrogens is 4. The van der Waals surface area contributed by atoms with Gasteiger partial charge in [0.25, 0.3) is 0 Å². The van der Waals surface area contributed by atoms with Crippen LogP contribution in [0.4, 0.5) is 5.82 Å². The molecular weight excluding hydrogens is 379 g/mol. The fraction of sp³-hybridized carbons (Fsp3) is 0.500. The third kappa shape index (κ3) is 4.79. The maximum atomic E-state index is 10.8. The Balaban J connectivity index is 0.00000156. The molecule has 0 radical (unpaired) electrons. The van der Waals surface area contributed by atoms with Crippen LogP contribution >= 0.6 is 7.82 Å². The van der Waals surface area contributed by atoms with Crippen LogP contribution in [0.5, 0.6) is 0 Å². The van der Waals surface area contributed by atoms with Gasteiger partial charge in [0.2, 0.25) is 0 Å². The van der Waals surface area contributed by atoms with E-state index in [4.69, 9.17) is 10.5 Å². The summed E-state index contributed by atoms with van der Waals surface area (Å²) in [6, 6.07) is 0. The quantitative estimate of drug-likeness (QED) is 0.331. The number of phosphoric ester groups is 1. The molecule has 1 aliphatic heterocycles. The number of imidazole rings is 1. The number of aliphatic hydroxyl groups excluding tert-OH is 2. The predicted octanol–water partition coefficient (Wildman–Crippen LogP) is -9.12. The number of hydrogen-bond acceptors (Lipinski definition) is 11. The van der Waals surface area contributed by atoms with E-state index in [1.165, 1.54) is 17.2 Å². The maximum absolute atomic E-state index is 10.8. The van der Waals surface area contributed by atoms with Crippen LogP contribution in [-0.2, 0) is 13.8 Å². The van der Waals surface area contributed by atoms with Crippen molar-refractivity contribution in [2.24, 2.45) is 0 Å². The Hall–Kier alpha value is 0.340. The zero-order valence-electron chi connectivity index (χ0n) is 13.4. The Bertz CT molecular complexity index is 773. The molecule has 3 heterocycles. The van der Waals surface area contributed by atoms with Crippen LogP contribution in [0, 0.1) is 0 Å².